The van der Waals surface area contributed by atoms with Crippen LogP contribution in [0, 0.1) is 10.8 Å². The third-order valence-electron chi connectivity index (χ3n) is 7.42. The minimum absolute atomic E-state index is 0.302. The number of hydrogen-bond acceptors (Lipinski definition) is 9. The highest BCUT2D eigenvalue weighted by Gasteiger charge is 2.35. The van der Waals surface area contributed by atoms with Crippen LogP contribution in [-0.2, 0) is 24.6 Å². The van der Waals surface area contributed by atoms with Crippen molar-refractivity contribution in [3.8, 4) is 11.5 Å². The van der Waals surface area contributed by atoms with Crippen LogP contribution >= 0.6 is 16.0 Å². The molecule has 9 nitrogen and oxygen atoms in total. The lowest BCUT2D eigenvalue weighted by molar-refractivity contribution is -0.186. The van der Waals surface area contributed by atoms with Gasteiger partial charge in [0.1, 0.15) is 36.3 Å². The van der Waals surface area contributed by atoms with Gasteiger partial charge in [-0.05, 0) is 60.8 Å². The van der Waals surface area contributed by atoms with Gasteiger partial charge in [-0.25, -0.2) is 0 Å². The second-order valence-electron chi connectivity index (χ2n) is 14.6. The highest BCUT2D eigenvalue weighted by atomic mass is 31.1. The van der Waals surface area contributed by atoms with Gasteiger partial charge in [0.15, 0.2) is 0 Å². The smallest absolute Gasteiger partial charge is 0.221 e. The van der Waals surface area contributed by atoms with Gasteiger partial charge in [-0.3, -0.25) is 0 Å². The summed E-state index contributed by atoms with van der Waals surface area (Å²) < 4.78 is 28.3. The minimum atomic E-state index is -2.09. The van der Waals surface area contributed by atoms with E-state index in [1.807, 2.05) is 76.2 Å². The number of para-hydroxylation sites is 2. The van der Waals surface area contributed by atoms with E-state index >= 15 is 0 Å². The molecule has 0 aliphatic heterocycles. The molecule has 0 amide bonds. The molecule has 4 atom stereocenters. The van der Waals surface area contributed by atoms with Crippen LogP contribution in [0.4, 0.5) is 0 Å². The van der Waals surface area contributed by atoms with E-state index in [9.17, 15) is 20.0 Å². The third kappa shape index (κ3) is 15.0. The zero-order chi connectivity index (χ0) is 35.5. The van der Waals surface area contributed by atoms with Crippen LogP contribution in [0.15, 0.2) is 48.5 Å². The number of benzene rings is 2. The maximum atomic E-state index is 12.3. The molecular formula is C36H56O9P2. The first-order chi connectivity index (χ1) is 21.7. The Bertz CT molecular complexity index is 1220. The maximum absolute atomic E-state index is 12.3. The number of rotatable bonds is 20. The standard InChI is InChI=1S/C36H56O9P2/c1-27(37)44-46(39)25-33(3,4)23-35(7,8)29-15-11-13-17-31(29)42-21-19-41-20-22-43-32-18-14-12-16-30(32)36(9,10)24-34(5,6)26-47(40)45-28(2)38/h11-18,25-28,37-38H,19-24H2,1-10H3. The van der Waals surface area contributed by atoms with Crippen LogP contribution < -0.4 is 19.3 Å². The van der Waals surface area contributed by atoms with Crippen molar-refractivity contribution in [2.45, 2.75) is 105 Å². The molecule has 0 aliphatic carbocycles. The molecule has 0 saturated heterocycles. The Labute approximate surface area is 284 Å². The Morgan fingerprint density at radius 3 is 1.30 bits per heavy atom. The zero-order valence-corrected chi connectivity index (χ0v) is 31.6. The summed E-state index contributed by atoms with van der Waals surface area (Å²) in [5.74, 6) is 4.87. The quantitative estimate of drug-likeness (QED) is 0.0944. The van der Waals surface area contributed by atoms with Gasteiger partial charge in [-0.1, -0.05) is 91.8 Å². The molecule has 2 rings (SSSR count). The Morgan fingerprint density at radius 1 is 0.617 bits per heavy atom. The summed E-state index contributed by atoms with van der Waals surface area (Å²) in [7, 11) is -4.19. The van der Waals surface area contributed by atoms with E-state index in [4.69, 9.17) is 23.3 Å². The molecule has 0 fully saturated rings. The molecule has 0 aromatic heterocycles. The predicted octanol–water partition coefficient (Wildman–Crippen LogP) is 6.21. The molecule has 2 N–H and O–H groups in total. The molecule has 0 saturated carbocycles. The molecule has 11 heteroatoms. The van der Waals surface area contributed by atoms with Gasteiger partial charge in [0.2, 0.25) is 28.6 Å². The summed E-state index contributed by atoms with van der Waals surface area (Å²) in [5.41, 5.74) is 0.643. The lowest BCUT2D eigenvalue weighted by Gasteiger charge is -2.33. The van der Waals surface area contributed by atoms with Crippen molar-refractivity contribution in [1.29, 1.82) is 0 Å². The summed E-state index contributed by atoms with van der Waals surface area (Å²) in [5, 5.41) is 18.8. The second kappa shape index (κ2) is 18.2. The van der Waals surface area contributed by atoms with Crippen molar-refractivity contribution in [2.75, 3.05) is 26.4 Å². The molecule has 47 heavy (non-hydrogen) atoms. The number of hydrogen-bond donors (Lipinski definition) is 2. The van der Waals surface area contributed by atoms with Crippen molar-refractivity contribution >= 4 is 27.6 Å². The Hall–Kier alpha value is -1.90. The van der Waals surface area contributed by atoms with E-state index in [-0.39, 0.29) is 10.8 Å². The fourth-order valence-electron chi connectivity index (χ4n) is 6.32. The van der Waals surface area contributed by atoms with Gasteiger partial charge in [-0.2, -0.15) is 9.05 Å². The van der Waals surface area contributed by atoms with Gasteiger partial charge >= 0.3 is 0 Å². The molecule has 2 aromatic carbocycles. The van der Waals surface area contributed by atoms with E-state index in [1.165, 1.54) is 13.8 Å². The van der Waals surface area contributed by atoms with Crippen LogP contribution in [-0.4, -0.2) is 60.8 Å². The third-order valence-corrected chi connectivity index (χ3v) is 10.3. The molecule has 0 aliphatic rings. The Morgan fingerprint density at radius 2 is 0.957 bits per heavy atom. The Kier molecular flexibility index (Phi) is 16.0. The van der Waals surface area contributed by atoms with Crippen LogP contribution in [0.3, 0.4) is 0 Å². The van der Waals surface area contributed by atoms with E-state index in [0.29, 0.717) is 39.3 Å². The zero-order valence-electron chi connectivity index (χ0n) is 29.8. The van der Waals surface area contributed by atoms with Gasteiger partial charge < -0.3 is 34.2 Å². The monoisotopic (exact) mass is 694 g/mol. The first-order valence-corrected chi connectivity index (χ1v) is 18.6. The van der Waals surface area contributed by atoms with Crippen LogP contribution in [0.5, 0.6) is 11.5 Å². The van der Waals surface area contributed by atoms with Gasteiger partial charge in [-0.15, -0.1) is 0 Å². The lowest BCUT2D eigenvalue weighted by atomic mass is 9.72. The fourth-order valence-corrected chi connectivity index (χ4v) is 8.37. The van der Waals surface area contributed by atoms with Crippen molar-refractivity contribution in [2.24, 2.45) is 10.8 Å². The number of aliphatic hydroxyl groups excluding tert-OH is 2. The van der Waals surface area contributed by atoms with E-state index < -0.39 is 39.4 Å². The summed E-state index contributed by atoms with van der Waals surface area (Å²) >= 11 is 0. The number of aliphatic hydroxyl groups is 2. The van der Waals surface area contributed by atoms with Gasteiger partial charge in [0.25, 0.3) is 0 Å². The highest BCUT2D eigenvalue weighted by Crippen LogP contribution is 2.42. The summed E-state index contributed by atoms with van der Waals surface area (Å²) in [6.45, 7) is 20.9. The van der Waals surface area contributed by atoms with Crippen LogP contribution in [0.1, 0.15) is 93.2 Å². The fraction of sp³-hybridized carbons (Fsp3) is 0.611. The molecule has 0 spiro atoms. The van der Waals surface area contributed by atoms with Crippen molar-refractivity contribution < 1.29 is 43.3 Å². The molecular weight excluding hydrogens is 638 g/mol. The average Bonchev–Trinajstić information content (AvgIpc) is 2.90. The largest absolute Gasteiger partial charge is 0.603 e. The van der Waals surface area contributed by atoms with Crippen molar-refractivity contribution in [3.05, 3.63) is 59.7 Å². The minimum Gasteiger partial charge on any atom is -0.603 e. The predicted molar refractivity (Wildman–Crippen MR) is 189 cm³/mol. The first kappa shape index (κ1) is 41.3. The molecule has 0 heterocycles. The summed E-state index contributed by atoms with van der Waals surface area (Å²) in [6, 6.07) is 15.8. The van der Waals surface area contributed by atoms with E-state index in [2.05, 4.69) is 27.7 Å². The molecule has 2 aromatic rings. The number of ether oxygens (including phenoxy) is 3. The first-order valence-electron chi connectivity index (χ1n) is 16.1. The molecule has 264 valence electrons. The summed E-state index contributed by atoms with van der Waals surface area (Å²) in [4.78, 5) is 24.6. The molecule has 0 bridgehead atoms. The average molecular weight is 695 g/mol. The SMILES string of the molecule is CC(O)O/[P+]([O-])=C/C(C)(C)CC(C)(C)c1ccccc1OCCOCCOc1ccccc1C(C)(C)CC(C)(C)/C=[P+](\[O-])OC(C)O. The van der Waals surface area contributed by atoms with Crippen LogP contribution in [0.2, 0.25) is 0 Å². The van der Waals surface area contributed by atoms with Crippen molar-refractivity contribution in [1.82, 2.24) is 0 Å². The van der Waals surface area contributed by atoms with E-state index in [0.717, 1.165) is 22.6 Å². The highest BCUT2D eigenvalue weighted by molar-refractivity contribution is 7.45. The lowest BCUT2D eigenvalue weighted by Crippen LogP contribution is -2.29. The Balaban J connectivity index is 1.93. The second-order valence-corrected chi connectivity index (χ2v) is 16.7. The van der Waals surface area contributed by atoms with Gasteiger partial charge in [0.05, 0.1) is 13.2 Å². The van der Waals surface area contributed by atoms with Crippen LogP contribution in [0.25, 0.3) is 0 Å². The topological polar surface area (TPSA) is 133 Å². The molecule has 4 unspecified atom stereocenters. The van der Waals surface area contributed by atoms with Crippen molar-refractivity contribution in [3.63, 3.8) is 0 Å². The normalized spacial score (nSPS) is 15.0. The van der Waals surface area contributed by atoms with Gasteiger partial charge in [0, 0.05) is 10.8 Å². The maximum Gasteiger partial charge on any atom is 0.221 e. The molecule has 0 radical (unpaired) electrons. The van der Waals surface area contributed by atoms with E-state index in [1.54, 1.807) is 11.6 Å². The summed E-state index contributed by atoms with van der Waals surface area (Å²) in [6.07, 6.45) is -0.807.